The first-order chi connectivity index (χ1) is 14.5. The fourth-order valence-electron chi connectivity index (χ4n) is 6.14. The average molecular weight is 410 g/mol. The highest BCUT2D eigenvalue weighted by molar-refractivity contribution is 5.97. The van der Waals surface area contributed by atoms with Crippen molar-refractivity contribution in [1.29, 1.82) is 0 Å². The minimum absolute atomic E-state index is 0.0140. The van der Waals surface area contributed by atoms with E-state index in [1.165, 1.54) is 55.7 Å². The molecule has 1 nitrogen and oxygen atoms in total. The van der Waals surface area contributed by atoms with Crippen molar-refractivity contribution < 1.29 is 0 Å². The standard InChI is InChI=1S/C30H35N/c1-8-30(7,31)19-13-15-21-23-11-9-10-22-20-14-12-18(2)16-24(20)28(3,4)26(22)27(23)29(5,6)25(21)17-19/h9-10,12-17H,8,11,31H2,1-7H3. The Hall–Kier alpha value is -2.38. The molecule has 0 saturated heterocycles. The van der Waals surface area contributed by atoms with Crippen LogP contribution in [0, 0.1) is 6.92 Å². The van der Waals surface area contributed by atoms with Gasteiger partial charge < -0.3 is 5.73 Å². The van der Waals surface area contributed by atoms with Crippen LogP contribution in [-0.2, 0) is 16.4 Å². The predicted molar refractivity (Wildman–Crippen MR) is 133 cm³/mol. The number of nitrogens with two attached hydrogens (primary N) is 1. The van der Waals surface area contributed by atoms with Gasteiger partial charge in [-0.25, -0.2) is 0 Å². The summed E-state index contributed by atoms with van der Waals surface area (Å²) in [5.41, 5.74) is 20.6. The average Bonchev–Trinajstić information content (AvgIpc) is 2.94. The number of hydrogen-bond donors (Lipinski definition) is 1. The Morgan fingerprint density at radius 2 is 1.55 bits per heavy atom. The van der Waals surface area contributed by atoms with E-state index >= 15 is 0 Å². The Bertz CT molecular complexity index is 1210. The van der Waals surface area contributed by atoms with E-state index in [1.807, 2.05) is 0 Å². The van der Waals surface area contributed by atoms with Crippen molar-refractivity contribution in [2.45, 2.75) is 77.7 Å². The van der Waals surface area contributed by atoms with E-state index in [0.717, 1.165) is 12.8 Å². The van der Waals surface area contributed by atoms with Gasteiger partial charge in [0.2, 0.25) is 0 Å². The molecule has 0 saturated carbocycles. The van der Waals surface area contributed by atoms with Crippen molar-refractivity contribution in [3.8, 4) is 0 Å². The van der Waals surface area contributed by atoms with Crippen molar-refractivity contribution in [1.82, 2.24) is 0 Å². The summed E-state index contributed by atoms with van der Waals surface area (Å²) < 4.78 is 0. The first-order valence-corrected chi connectivity index (χ1v) is 11.7. The smallest absolute Gasteiger partial charge is 0.0378 e. The molecular weight excluding hydrogens is 374 g/mol. The predicted octanol–water partition coefficient (Wildman–Crippen LogP) is 7.33. The highest BCUT2D eigenvalue weighted by Crippen LogP contribution is 2.60. The zero-order valence-corrected chi connectivity index (χ0v) is 20.1. The van der Waals surface area contributed by atoms with Crippen LogP contribution in [0.4, 0.5) is 0 Å². The molecule has 2 aromatic rings. The number of aryl methyl sites for hydroxylation is 1. The Morgan fingerprint density at radius 3 is 2.26 bits per heavy atom. The normalized spacial score (nSPS) is 21.9. The molecular formula is C30H35N. The molecule has 2 N–H and O–H groups in total. The molecule has 0 bridgehead atoms. The van der Waals surface area contributed by atoms with Crippen molar-refractivity contribution in [3.63, 3.8) is 0 Å². The van der Waals surface area contributed by atoms with Crippen LogP contribution in [0.25, 0.3) is 11.1 Å². The van der Waals surface area contributed by atoms with Gasteiger partial charge in [-0.05, 0) is 76.8 Å². The van der Waals surface area contributed by atoms with Gasteiger partial charge in [0, 0.05) is 16.4 Å². The fraction of sp³-hybridized carbons (Fsp3) is 0.400. The summed E-state index contributed by atoms with van der Waals surface area (Å²) in [5, 5.41) is 0. The third-order valence-corrected chi connectivity index (χ3v) is 8.23. The molecule has 1 heteroatoms. The Kier molecular flexibility index (Phi) is 4.19. The van der Waals surface area contributed by atoms with E-state index in [4.69, 9.17) is 5.73 Å². The summed E-state index contributed by atoms with van der Waals surface area (Å²) in [4.78, 5) is 0. The van der Waals surface area contributed by atoms with Gasteiger partial charge in [-0.3, -0.25) is 0 Å². The van der Waals surface area contributed by atoms with Gasteiger partial charge in [-0.1, -0.05) is 88.7 Å². The van der Waals surface area contributed by atoms with Crippen LogP contribution in [0.1, 0.15) is 87.8 Å². The van der Waals surface area contributed by atoms with Crippen LogP contribution in [0.5, 0.6) is 0 Å². The second-order valence-corrected chi connectivity index (χ2v) is 11.1. The van der Waals surface area contributed by atoms with Crippen LogP contribution in [-0.4, -0.2) is 0 Å². The van der Waals surface area contributed by atoms with Gasteiger partial charge in [0.15, 0.2) is 0 Å². The Balaban J connectivity index is 1.76. The van der Waals surface area contributed by atoms with Crippen LogP contribution in [0.3, 0.4) is 0 Å². The maximum absolute atomic E-state index is 6.66. The summed E-state index contributed by atoms with van der Waals surface area (Å²) in [7, 11) is 0. The lowest BCUT2D eigenvalue weighted by molar-refractivity contribution is 0.474. The molecule has 3 aliphatic rings. The number of fused-ring (bicyclic) bond motifs is 5. The molecule has 0 fully saturated rings. The summed E-state index contributed by atoms with van der Waals surface area (Å²) in [6.45, 7) is 16.2. The minimum Gasteiger partial charge on any atom is -0.322 e. The lowest BCUT2D eigenvalue weighted by Gasteiger charge is -2.34. The second kappa shape index (κ2) is 6.33. The highest BCUT2D eigenvalue weighted by Gasteiger charge is 2.48. The molecule has 1 atom stereocenters. The number of benzene rings is 2. The lowest BCUT2D eigenvalue weighted by Crippen LogP contribution is -2.32. The summed E-state index contributed by atoms with van der Waals surface area (Å²) in [6, 6.07) is 14.0. The fourth-order valence-corrected chi connectivity index (χ4v) is 6.14. The molecule has 160 valence electrons. The van der Waals surface area contributed by atoms with Gasteiger partial charge in [-0.2, -0.15) is 0 Å². The van der Waals surface area contributed by atoms with Gasteiger partial charge in [0.1, 0.15) is 0 Å². The van der Waals surface area contributed by atoms with E-state index in [9.17, 15) is 0 Å². The molecule has 0 aromatic heterocycles. The van der Waals surface area contributed by atoms with Crippen LogP contribution < -0.4 is 5.73 Å². The number of rotatable bonds is 2. The maximum Gasteiger partial charge on any atom is 0.0378 e. The molecule has 0 aliphatic heterocycles. The molecule has 1 unspecified atom stereocenters. The first-order valence-electron chi connectivity index (χ1n) is 11.7. The number of hydrogen-bond acceptors (Lipinski definition) is 1. The minimum atomic E-state index is -0.296. The molecule has 0 radical (unpaired) electrons. The van der Waals surface area contributed by atoms with E-state index in [2.05, 4.69) is 97.0 Å². The van der Waals surface area contributed by atoms with E-state index in [0.29, 0.717) is 0 Å². The van der Waals surface area contributed by atoms with Crippen LogP contribution in [0.2, 0.25) is 0 Å². The summed E-state index contributed by atoms with van der Waals surface area (Å²) >= 11 is 0. The summed E-state index contributed by atoms with van der Waals surface area (Å²) in [5.74, 6) is 0. The third-order valence-electron chi connectivity index (χ3n) is 8.23. The zero-order chi connectivity index (χ0) is 22.3. The largest absolute Gasteiger partial charge is 0.322 e. The molecule has 3 aliphatic carbocycles. The molecule has 5 rings (SSSR count). The van der Waals surface area contributed by atoms with E-state index in [1.54, 1.807) is 0 Å². The van der Waals surface area contributed by atoms with Gasteiger partial charge in [0.05, 0.1) is 0 Å². The molecule has 0 amide bonds. The monoisotopic (exact) mass is 409 g/mol. The maximum atomic E-state index is 6.66. The van der Waals surface area contributed by atoms with E-state index in [-0.39, 0.29) is 16.4 Å². The van der Waals surface area contributed by atoms with Gasteiger partial charge in [-0.15, -0.1) is 0 Å². The summed E-state index contributed by atoms with van der Waals surface area (Å²) in [6.07, 6.45) is 6.68. The van der Waals surface area contributed by atoms with Crippen molar-refractivity contribution in [2.24, 2.45) is 5.73 Å². The first kappa shape index (κ1) is 20.5. The molecule has 2 aromatic carbocycles. The third kappa shape index (κ3) is 2.66. The second-order valence-electron chi connectivity index (χ2n) is 11.1. The van der Waals surface area contributed by atoms with Crippen molar-refractivity contribution in [2.75, 3.05) is 0 Å². The zero-order valence-electron chi connectivity index (χ0n) is 20.1. The Labute approximate surface area is 187 Å². The SMILES string of the molecule is CCC(C)(N)c1ccc2c(c1)C(C)(C)C1=C2CC=CC2=C1C(C)(C)c1cc(C)ccc12. The number of allylic oxidation sites excluding steroid dienone is 6. The molecule has 31 heavy (non-hydrogen) atoms. The molecule has 0 spiro atoms. The van der Waals surface area contributed by atoms with Crippen LogP contribution in [0.15, 0.2) is 59.7 Å². The quantitative estimate of drug-likeness (QED) is 0.552. The Morgan fingerprint density at radius 1 is 0.903 bits per heavy atom. The van der Waals surface area contributed by atoms with Gasteiger partial charge in [0.25, 0.3) is 0 Å². The topological polar surface area (TPSA) is 26.0 Å². The molecule has 0 heterocycles. The van der Waals surface area contributed by atoms with Crippen molar-refractivity contribution >= 4 is 11.1 Å². The highest BCUT2D eigenvalue weighted by atomic mass is 14.7. The van der Waals surface area contributed by atoms with Crippen molar-refractivity contribution in [3.05, 3.63) is 93.1 Å². The van der Waals surface area contributed by atoms with Crippen LogP contribution >= 0.6 is 0 Å². The van der Waals surface area contributed by atoms with Gasteiger partial charge >= 0.3 is 0 Å². The lowest BCUT2D eigenvalue weighted by atomic mass is 9.69. The van der Waals surface area contributed by atoms with E-state index < -0.39 is 0 Å².